The van der Waals surface area contributed by atoms with Crippen molar-refractivity contribution in [2.45, 2.75) is 19.8 Å². The minimum atomic E-state index is -0.368. The van der Waals surface area contributed by atoms with Crippen LogP contribution in [0.15, 0.2) is 47.1 Å². The minimum Gasteiger partial charge on any atom is -0.484 e. The summed E-state index contributed by atoms with van der Waals surface area (Å²) >= 11 is 0. The third-order valence-electron chi connectivity index (χ3n) is 4.70. The van der Waals surface area contributed by atoms with Crippen LogP contribution in [0.25, 0.3) is 0 Å². The zero-order valence-corrected chi connectivity index (χ0v) is 16.3. The quantitative estimate of drug-likeness (QED) is 0.744. The van der Waals surface area contributed by atoms with E-state index in [1.165, 1.54) is 6.26 Å². The highest BCUT2D eigenvalue weighted by Crippen LogP contribution is 2.20. The molecule has 0 bridgehead atoms. The van der Waals surface area contributed by atoms with Crippen LogP contribution in [0.5, 0.6) is 5.75 Å². The molecular formula is C21H25N3O5. The van der Waals surface area contributed by atoms with Gasteiger partial charge in [0.25, 0.3) is 11.8 Å². The second-order valence-corrected chi connectivity index (χ2v) is 6.82. The average Bonchev–Trinajstić information content (AvgIpc) is 3.28. The zero-order chi connectivity index (χ0) is 20.6. The van der Waals surface area contributed by atoms with Crippen LogP contribution in [0.4, 0.5) is 5.69 Å². The van der Waals surface area contributed by atoms with E-state index in [0.717, 1.165) is 12.8 Å². The van der Waals surface area contributed by atoms with E-state index in [1.54, 1.807) is 41.3 Å². The van der Waals surface area contributed by atoms with Gasteiger partial charge in [-0.2, -0.15) is 0 Å². The van der Waals surface area contributed by atoms with Crippen molar-refractivity contribution in [3.8, 4) is 5.75 Å². The summed E-state index contributed by atoms with van der Waals surface area (Å²) in [6, 6.07) is 10.0. The summed E-state index contributed by atoms with van der Waals surface area (Å²) in [6.45, 7) is 3.37. The molecule has 1 aliphatic heterocycles. The van der Waals surface area contributed by atoms with Crippen LogP contribution in [0.3, 0.4) is 0 Å². The maximum atomic E-state index is 12.5. The molecule has 0 radical (unpaired) electrons. The summed E-state index contributed by atoms with van der Waals surface area (Å²) in [6.07, 6.45) is 3.01. The minimum absolute atomic E-state index is 0.00841. The molecule has 2 N–H and O–H groups in total. The van der Waals surface area contributed by atoms with Crippen molar-refractivity contribution in [2.24, 2.45) is 5.92 Å². The molecule has 3 amide bonds. The van der Waals surface area contributed by atoms with Gasteiger partial charge in [-0.1, -0.05) is 6.07 Å². The van der Waals surface area contributed by atoms with E-state index in [0.29, 0.717) is 31.1 Å². The van der Waals surface area contributed by atoms with Crippen molar-refractivity contribution in [2.75, 3.05) is 31.6 Å². The number of piperidine rings is 1. The van der Waals surface area contributed by atoms with Gasteiger partial charge < -0.3 is 24.7 Å². The van der Waals surface area contributed by atoms with Crippen LogP contribution in [-0.2, 0) is 9.59 Å². The van der Waals surface area contributed by atoms with E-state index in [4.69, 9.17) is 9.15 Å². The number of carbonyl (C=O) groups excluding carboxylic acids is 3. The molecule has 1 aliphatic rings. The Morgan fingerprint density at radius 1 is 1.24 bits per heavy atom. The van der Waals surface area contributed by atoms with Crippen LogP contribution < -0.4 is 15.4 Å². The molecule has 0 spiro atoms. The molecule has 0 aliphatic carbocycles. The lowest BCUT2D eigenvalue weighted by atomic mass is 9.97. The Kier molecular flexibility index (Phi) is 6.89. The highest BCUT2D eigenvalue weighted by atomic mass is 16.5. The molecule has 3 rings (SSSR count). The first-order chi connectivity index (χ1) is 14.1. The fraction of sp³-hybridized carbons (Fsp3) is 0.381. The Bertz CT molecular complexity index is 850. The Morgan fingerprint density at radius 2 is 2.10 bits per heavy atom. The van der Waals surface area contributed by atoms with Gasteiger partial charge in [-0.05, 0) is 44.0 Å². The van der Waals surface area contributed by atoms with Gasteiger partial charge in [0.2, 0.25) is 5.91 Å². The summed E-state index contributed by atoms with van der Waals surface area (Å²) in [7, 11) is 0. The van der Waals surface area contributed by atoms with Gasteiger partial charge in [0.15, 0.2) is 12.4 Å². The lowest BCUT2D eigenvalue weighted by Gasteiger charge is -2.32. The summed E-state index contributed by atoms with van der Waals surface area (Å²) in [5, 5.41) is 5.53. The van der Waals surface area contributed by atoms with Crippen LogP contribution >= 0.6 is 0 Å². The fourth-order valence-corrected chi connectivity index (χ4v) is 3.24. The van der Waals surface area contributed by atoms with Gasteiger partial charge in [0.1, 0.15) is 5.75 Å². The summed E-state index contributed by atoms with van der Waals surface area (Å²) in [5.41, 5.74) is 0.533. The maximum Gasteiger partial charge on any atom is 0.291 e. The molecule has 2 heterocycles. The van der Waals surface area contributed by atoms with Crippen molar-refractivity contribution >= 4 is 23.4 Å². The third-order valence-corrected chi connectivity index (χ3v) is 4.70. The van der Waals surface area contributed by atoms with Gasteiger partial charge in [0.05, 0.1) is 12.2 Å². The summed E-state index contributed by atoms with van der Waals surface area (Å²) in [5.74, 6) is -0.0400. The first-order valence-electron chi connectivity index (χ1n) is 9.70. The van der Waals surface area contributed by atoms with Crippen LogP contribution in [0.1, 0.15) is 30.3 Å². The molecule has 8 heteroatoms. The normalized spacial score (nSPS) is 16.2. The number of likely N-dealkylation sites (tertiary alicyclic amines) is 1. The summed E-state index contributed by atoms with van der Waals surface area (Å²) in [4.78, 5) is 38.3. The SMILES string of the molecule is CCNC(=O)C1CCCN(C(=O)COc2cccc(NC(=O)c3ccco3)c2)C1. The van der Waals surface area contributed by atoms with Gasteiger partial charge in [-0.25, -0.2) is 0 Å². The standard InChI is InChI=1S/C21H25N3O5/c1-2-22-20(26)15-6-4-10-24(13-15)19(25)14-29-17-8-3-7-16(12-17)23-21(27)18-9-5-11-28-18/h3,5,7-9,11-12,15H,2,4,6,10,13-14H2,1H3,(H,22,26)(H,23,27). The molecule has 1 saturated heterocycles. The van der Waals surface area contributed by atoms with Crippen molar-refractivity contribution in [3.05, 3.63) is 48.4 Å². The fourth-order valence-electron chi connectivity index (χ4n) is 3.24. The molecule has 2 aromatic rings. The number of hydrogen-bond donors (Lipinski definition) is 2. The molecule has 1 aromatic heterocycles. The Hall–Kier alpha value is -3.29. The predicted molar refractivity (Wildman–Crippen MR) is 107 cm³/mol. The monoisotopic (exact) mass is 399 g/mol. The molecule has 29 heavy (non-hydrogen) atoms. The molecule has 1 unspecified atom stereocenters. The lowest BCUT2D eigenvalue weighted by Crippen LogP contribution is -2.46. The van der Waals surface area contributed by atoms with E-state index in [2.05, 4.69) is 10.6 Å². The molecule has 154 valence electrons. The summed E-state index contributed by atoms with van der Waals surface area (Å²) < 4.78 is 10.7. The Morgan fingerprint density at radius 3 is 2.86 bits per heavy atom. The lowest BCUT2D eigenvalue weighted by molar-refractivity contribution is -0.137. The molecule has 0 saturated carbocycles. The average molecular weight is 399 g/mol. The number of hydrogen-bond acceptors (Lipinski definition) is 5. The highest BCUT2D eigenvalue weighted by molar-refractivity contribution is 6.02. The highest BCUT2D eigenvalue weighted by Gasteiger charge is 2.28. The number of carbonyl (C=O) groups is 3. The predicted octanol–water partition coefficient (Wildman–Crippen LogP) is 2.29. The van der Waals surface area contributed by atoms with E-state index in [-0.39, 0.29) is 36.0 Å². The molecular weight excluding hydrogens is 374 g/mol. The van der Waals surface area contributed by atoms with Crippen molar-refractivity contribution in [1.29, 1.82) is 0 Å². The van der Waals surface area contributed by atoms with E-state index < -0.39 is 0 Å². The number of nitrogens with zero attached hydrogens (tertiary/aromatic N) is 1. The Balaban J connectivity index is 1.52. The van der Waals surface area contributed by atoms with Crippen LogP contribution in [-0.4, -0.2) is 48.9 Å². The smallest absolute Gasteiger partial charge is 0.291 e. The zero-order valence-electron chi connectivity index (χ0n) is 16.3. The first kappa shape index (κ1) is 20.4. The molecule has 1 aromatic carbocycles. The number of rotatable bonds is 7. The number of nitrogens with one attached hydrogen (secondary N) is 2. The van der Waals surface area contributed by atoms with E-state index >= 15 is 0 Å². The van der Waals surface area contributed by atoms with Crippen LogP contribution in [0, 0.1) is 5.92 Å². The largest absolute Gasteiger partial charge is 0.484 e. The Labute approximate surface area is 169 Å². The van der Waals surface area contributed by atoms with Crippen molar-refractivity contribution in [3.63, 3.8) is 0 Å². The van der Waals surface area contributed by atoms with Gasteiger partial charge in [0, 0.05) is 31.4 Å². The van der Waals surface area contributed by atoms with Gasteiger partial charge >= 0.3 is 0 Å². The second-order valence-electron chi connectivity index (χ2n) is 6.82. The van der Waals surface area contributed by atoms with Crippen molar-refractivity contribution in [1.82, 2.24) is 10.2 Å². The first-order valence-corrected chi connectivity index (χ1v) is 9.70. The maximum absolute atomic E-state index is 12.5. The van der Waals surface area contributed by atoms with Gasteiger partial charge in [-0.3, -0.25) is 14.4 Å². The molecule has 1 atom stereocenters. The number of furan rings is 1. The van der Waals surface area contributed by atoms with E-state index in [9.17, 15) is 14.4 Å². The number of ether oxygens (including phenoxy) is 1. The molecule has 1 fully saturated rings. The second kappa shape index (κ2) is 9.77. The number of benzene rings is 1. The molecule has 8 nitrogen and oxygen atoms in total. The number of anilines is 1. The number of amides is 3. The third kappa shape index (κ3) is 5.60. The topological polar surface area (TPSA) is 101 Å². The van der Waals surface area contributed by atoms with E-state index in [1.807, 2.05) is 6.92 Å². The van der Waals surface area contributed by atoms with Crippen molar-refractivity contribution < 1.29 is 23.5 Å². The van der Waals surface area contributed by atoms with Crippen LogP contribution in [0.2, 0.25) is 0 Å². The van der Waals surface area contributed by atoms with Gasteiger partial charge in [-0.15, -0.1) is 0 Å².